The molecule has 2 aromatic rings. The predicted octanol–water partition coefficient (Wildman–Crippen LogP) is 2.28. The molecule has 1 heterocycles. The Balaban J connectivity index is 1.42. The van der Waals surface area contributed by atoms with Gasteiger partial charge in [0.05, 0.1) is 20.8 Å². The minimum atomic E-state index is -0.257. The quantitative estimate of drug-likeness (QED) is 0.736. The van der Waals surface area contributed by atoms with Crippen LogP contribution in [0.4, 0.5) is 4.39 Å². The number of ether oxygens (including phenoxy) is 2. The van der Waals surface area contributed by atoms with Gasteiger partial charge in [-0.05, 0) is 35.9 Å². The largest absolute Gasteiger partial charge is 0.497 e. The first-order valence-electron chi connectivity index (χ1n) is 9.74. The van der Waals surface area contributed by atoms with Crippen LogP contribution in [0.25, 0.3) is 0 Å². The number of piperazine rings is 1. The van der Waals surface area contributed by atoms with Crippen LogP contribution in [-0.2, 0) is 17.9 Å². The standard InChI is InChI=1S/C22H28FN3O3/c1-28-20-5-3-4-17(12-20)14-24-22(27)16-26-10-8-25(9-11-26)15-18-13-19(23)6-7-21(18)29-2/h3-7,12-13H,8-11,14-16H2,1-2H3,(H,24,27). The van der Waals surface area contributed by atoms with E-state index in [1.807, 2.05) is 24.3 Å². The van der Waals surface area contributed by atoms with Crippen molar-refractivity contribution >= 4 is 5.91 Å². The first-order chi connectivity index (χ1) is 14.1. The van der Waals surface area contributed by atoms with Gasteiger partial charge in [-0.25, -0.2) is 4.39 Å². The van der Waals surface area contributed by atoms with Gasteiger partial charge >= 0.3 is 0 Å². The Labute approximate surface area is 171 Å². The van der Waals surface area contributed by atoms with E-state index in [4.69, 9.17) is 9.47 Å². The van der Waals surface area contributed by atoms with E-state index in [1.165, 1.54) is 12.1 Å². The van der Waals surface area contributed by atoms with Gasteiger partial charge in [0.1, 0.15) is 17.3 Å². The number of amides is 1. The molecular weight excluding hydrogens is 373 g/mol. The van der Waals surface area contributed by atoms with E-state index < -0.39 is 0 Å². The molecule has 0 radical (unpaired) electrons. The van der Waals surface area contributed by atoms with Crippen LogP contribution in [0.5, 0.6) is 11.5 Å². The van der Waals surface area contributed by atoms with Gasteiger partial charge < -0.3 is 14.8 Å². The molecule has 1 aliphatic heterocycles. The van der Waals surface area contributed by atoms with Crippen molar-refractivity contribution in [3.05, 3.63) is 59.4 Å². The molecule has 1 N–H and O–H groups in total. The number of methoxy groups -OCH3 is 2. The van der Waals surface area contributed by atoms with Crippen molar-refractivity contribution in [2.24, 2.45) is 0 Å². The SMILES string of the molecule is COc1cccc(CNC(=O)CN2CCN(Cc3cc(F)ccc3OC)CC2)c1. The van der Waals surface area contributed by atoms with Crippen molar-refractivity contribution in [3.8, 4) is 11.5 Å². The second-order valence-corrected chi connectivity index (χ2v) is 7.14. The number of carbonyl (C=O) groups excluding carboxylic acids is 1. The minimum Gasteiger partial charge on any atom is -0.497 e. The summed E-state index contributed by atoms with van der Waals surface area (Å²) in [6, 6.07) is 12.3. The molecule has 1 fully saturated rings. The van der Waals surface area contributed by atoms with Gasteiger partial charge in [-0.1, -0.05) is 12.1 Å². The molecule has 0 spiro atoms. The molecule has 0 bridgehead atoms. The maximum Gasteiger partial charge on any atom is 0.234 e. The number of carbonyl (C=O) groups is 1. The zero-order valence-corrected chi connectivity index (χ0v) is 17.0. The van der Waals surface area contributed by atoms with E-state index >= 15 is 0 Å². The lowest BCUT2D eigenvalue weighted by Crippen LogP contribution is -2.49. The molecule has 1 saturated heterocycles. The van der Waals surface area contributed by atoms with Crippen molar-refractivity contribution in [1.29, 1.82) is 0 Å². The van der Waals surface area contributed by atoms with Gasteiger partial charge in [0, 0.05) is 44.8 Å². The molecule has 1 amide bonds. The third-order valence-corrected chi connectivity index (χ3v) is 5.09. The summed E-state index contributed by atoms with van der Waals surface area (Å²) in [5, 5.41) is 2.96. The van der Waals surface area contributed by atoms with Crippen LogP contribution in [0.2, 0.25) is 0 Å². The summed E-state index contributed by atoms with van der Waals surface area (Å²) in [5.74, 6) is 1.23. The van der Waals surface area contributed by atoms with Gasteiger partial charge in [0.2, 0.25) is 5.91 Å². The number of rotatable bonds is 8. The van der Waals surface area contributed by atoms with E-state index in [0.717, 1.165) is 43.1 Å². The molecule has 7 heteroatoms. The van der Waals surface area contributed by atoms with E-state index in [-0.39, 0.29) is 11.7 Å². The van der Waals surface area contributed by atoms with Crippen LogP contribution in [-0.4, -0.2) is 62.7 Å². The summed E-state index contributed by atoms with van der Waals surface area (Å²) in [7, 11) is 3.22. The number of halogens is 1. The lowest BCUT2D eigenvalue weighted by atomic mass is 10.1. The summed E-state index contributed by atoms with van der Waals surface area (Å²) < 4.78 is 24.1. The Kier molecular flexibility index (Phi) is 7.43. The first-order valence-corrected chi connectivity index (χ1v) is 9.74. The van der Waals surface area contributed by atoms with Crippen LogP contribution < -0.4 is 14.8 Å². The number of nitrogens with one attached hydrogen (secondary N) is 1. The van der Waals surface area contributed by atoms with Crippen LogP contribution >= 0.6 is 0 Å². The van der Waals surface area contributed by atoms with Crippen molar-refractivity contribution in [1.82, 2.24) is 15.1 Å². The fourth-order valence-electron chi connectivity index (χ4n) is 3.46. The smallest absolute Gasteiger partial charge is 0.234 e. The molecule has 156 valence electrons. The third kappa shape index (κ3) is 6.17. The highest BCUT2D eigenvalue weighted by atomic mass is 19.1. The lowest BCUT2D eigenvalue weighted by Gasteiger charge is -2.34. The monoisotopic (exact) mass is 401 g/mol. The van der Waals surface area contributed by atoms with Crippen molar-refractivity contribution < 1.29 is 18.7 Å². The normalized spacial score (nSPS) is 15.1. The number of nitrogens with zero attached hydrogens (tertiary/aromatic N) is 2. The van der Waals surface area contributed by atoms with E-state index in [9.17, 15) is 9.18 Å². The summed E-state index contributed by atoms with van der Waals surface area (Å²) in [5.41, 5.74) is 1.85. The highest BCUT2D eigenvalue weighted by molar-refractivity contribution is 5.78. The summed E-state index contributed by atoms with van der Waals surface area (Å²) in [6.07, 6.45) is 0. The fraction of sp³-hybridized carbons (Fsp3) is 0.409. The average Bonchev–Trinajstić information content (AvgIpc) is 2.74. The lowest BCUT2D eigenvalue weighted by molar-refractivity contribution is -0.122. The highest BCUT2D eigenvalue weighted by Gasteiger charge is 2.20. The van der Waals surface area contributed by atoms with E-state index in [0.29, 0.717) is 25.4 Å². The Morgan fingerprint density at radius 1 is 1.03 bits per heavy atom. The first kappa shape index (κ1) is 21.1. The molecule has 1 aliphatic rings. The molecule has 2 aromatic carbocycles. The zero-order valence-electron chi connectivity index (χ0n) is 17.0. The third-order valence-electron chi connectivity index (χ3n) is 5.09. The van der Waals surface area contributed by atoms with Crippen molar-refractivity contribution in [2.45, 2.75) is 13.1 Å². The molecule has 3 rings (SSSR count). The molecule has 29 heavy (non-hydrogen) atoms. The maximum atomic E-state index is 13.5. The maximum absolute atomic E-state index is 13.5. The van der Waals surface area contributed by atoms with Crippen LogP contribution in [0.3, 0.4) is 0 Å². The second-order valence-electron chi connectivity index (χ2n) is 7.14. The molecule has 0 atom stereocenters. The van der Waals surface area contributed by atoms with Gasteiger partial charge in [0.25, 0.3) is 0 Å². The number of benzene rings is 2. The van der Waals surface area contributed by atoms with Crippen molar-refractivity contribution in [3.63, 3.8) is 0 Å². The Bertz CT molecular complexity index is 823. The van der Waals surface area contributed by atoms with Crippen LogP contribution in [0, 0.1) is 5.82 Å². The second kappa shape index (κ2) is 10.2. The molecule has 0 aromatic heterocycles. The van der Waals surface area contributed by atoms with Crippen LogP contribution in [0.1, 0.15) is 11.1 Å². The van der Waals surface area contributed by atoms with Gasteiger partial charge in [-0.15, -0.1) is 0 Å². The average molecular weight is 401 g/mol. The Morgan fingerprint density at radius 2 is 1.79 bits per heavy atom. The van der Waals surface area contributed by atoms with Crippen LogP contribution in [0.15, 0.2) is 42.5 Å². The summed E-state index contributed by atoms with van der Waals surface area (Å²) in [6.45, 7) is 4.73. The molecule has 6 nitrogen and oxygen atoms in total. The van der Waals surface area contributed by atoms with Gasteiger partial charge in [0.15, 0.2) is 0 Å². The summed E-state index contributed by atoms with van der Waals surface area (Å²) >= 11 is 0. The predicted molar refractivity (Wildman–Crippen MR) is 110 cm³/mol. The van der Waals surface area contributed by atoms with Crippen molar-refractivity contribution in [2.75, 3.05) is 46.9 Å². The molecule has 0 saturated carbocycles. The van der Waals surface area contributed by atoms with Gasteiger partial charge in [-0.3, -0.25) is 14.6 Å². The molecular formula is C22H28FN3O3. The van der Waals surface area contributed by atoms with E-state index in [1.54, 1.807) is 20.3 Å². The Morgan fingerprint density at radius 3 is 2.52 bits per heavy atom. The molecule has 0 aliphatic carbocycles. The fourth-order valence-corrected chi connectivity index (χ4v) is 3.46. The topological polar surface area (TPSA) is 54.0 Å². The minimum absolute atomic E-state index is 0.00747. The van der Waals surface area contributed by atoms with E-state index in [2.05, 4.69) is 15.1 Å². The summed E-state index contributed by atoms with van der Waals surface area (Å²) in [4.78, 5) is 16.7. The zero-order chi connectivity index (χ0) is 20.6. The van der Waals surface area contributed by atoms with Gasteiger partial charge in [-0.2, -0.15) is 0 Å². The number of hydrogen-bond acceptors (Lipinski definition) is 5. The molecule has 0 unspecified atom stereocenters. The number of hydrogen-bond donors (Lipinski definition) is 1. The highest BCUT2D eigenvalue weighted by Crippen LogP contribution is 2.21. The Hall–Kier alpha value is -2.64.